The van der Waals surface area contributed by atoms with Gasteiger partial charge in [0.2, 0.25) is 5.91 Å². The Hall–Kier alpha value is -2.87. The molecular formula is C21H27FN4O3. The summed E-state index contributed by atoms with van der Waals surface area (Å²) in [6.07, 6.45) is 4.23. The molecule has 1 aliphatic rings. The van der Waals surface area contributed by atoms with Crippen molar-refractivity contribution in [2.75, 3.05) is 26.2 Å². The van der Waals surface area contributed by atoms with Gasteiger partial charge in [0.15, 0.2) is 0 Å². The predicted octanol–water partition coefficient (Wildman–Crippen LogP) is 2.20. The molecule has 0 bridgehead atoms. The van der Waals surface area contributed by atoms with E-state index in [9.17, 15) is 14.0 Å². The topological polar surface area (TPSA) is 101 Å². The summed E-state index contributed by atoms with van der Waals surface area (Å²) in [4.78, 5) is 26.3. The smallest absolute Gasteiger partial charge is 0.314 e. The van der Waals surface area contributed by atoms with Crippen molar-refractivity contribution >= 4 is 11.9 Å². The van der Waals surface area contributed by atoms with E-state index in [-0.39, 0.29) is 24.4 Å². The average Bonchev–Trinajstić information content (AvgIpc) is 3.41. The van der Waals surface area contributed by atoms with Crippen molar-refractivity contribution in [1.82, 2.24) is 15.5 Å². The number of halogens is 1. The quantitative estimate of drug-likeness (QED) is 0.599. The molecule has 7 nitrogen and oxygen atoms in total. The molecule has 0 aliphatic carbocycles. The third-order valence-electron chi connectivity index (χ3n) is 5.22. The fourth-order valence-electron chi connectivity index (χ4n) is 3.59. The molecule has 3 amide bonds. The number of primary amides is 1. The third kappa shape index (κ3) is 6.05. The zero-order chi connectivity index (χ0) is 20.6. The summed E-state index contributed by atoms with van der Waals surface area (Å²) in [6, 6.07) is 9.24. The molecule has 2 aromatic rings. The maximum atomic E-state index is 13.0. The van der Waals surface area contributed by atoms with Crippen LogP contribution < -0.4 is 16.4 Å². The number of likely N-dealkylation sites (tertiary alicyclic amines) is 1. The standard InChI is InChI=1S/C21H27FN4O3/c22-17-7-5-15(6-8-17)12-16(20(23)27)13-24-21(28)25-14-18(19-4-3-11-29-19)26-9-1-2-10-26/h3-8,11,16,18H,1-2,9-10,12-14H2,(H2,23,27)(H2,24,25,28). The second-order valence-corrected chi connectivity index (χ2v) is 7.30. The van der Waals surface area contributed by atoms with Crippen LogP contribution in [0.25, 0.3) is 0 Å². The van der Waals surface area contributed by atoms with Crippen molar-refractivity contribution in [2.45, 2.75) is 25.3 Å². The highest BCUT2D eigenvalue weighted by molar-refractivity contribution is 5.79. The van der Waals surface area contributed by atoms with Crippen molar-refractivity contribution in [3.63, 3.8) is 0 Å². The van der Waals surface area contributed by atoms with Gasteiger partial charge in [0.1, 0.15) is 11.6 Å². The summed E-state index contributed by atoms with van der Waals surface area (Å²) < 4.78 is 18.6. The SMILES string of the molecule is NC(=O)C(CNC(=O)NCC(c1ccco1)N1CCCC1)Cc1ccc(F)cc1. The van der Waals surface area contributed by atoms with Crippen LogP contribution >= 0.6 is 0 Å². The summed E-state index contributed by atoms with van der Waals surface area (Å²) in [5.41, 5.74) is 6.25. The van der Waals surface area contributed by atoms with Crippen molar-refractivity contribution in [3.05, 3.63) is 59.8 Å². The van der Waals surface area contributed by atoms with E-state index in [4.69, 9.17) is 10.2 Å². The number of urea groups is 1. The Morgan fingerprint density at radius 1 is 1.10 bits per heavy atom. The van der Waals surface area contributed by atoms with Gasteiger partial charge in [-0.1, -0.05) is 12.1 Å². The highest BCUT2D eigenvalue weighted by atomic mass is 19.1. The van der Waals surface area contributed by atoms with Crippen molar-refractivity contribution in [1.29, 1.82) is 0 Å². The lowest BCUT2D eigenvalue weighted by Gasteiger charge is -2.26. The minimum absolute atomic E-state index is 0.0237. The Bertz CT molecular complexity index is 789. The van der Waals surface area contributed by atoms with E-state index in [2.05, 4.69) is 15.5 Å². The van der Waals surface area contributed by atoms with E-state index in [0.717, 1.165) is 37.3 Å². The lowest BCUT2D eigenvalue weighted by atomic mass is 9.98. The van der Waals surface area contributed by atoms with Crippen molar-refractivity contribution in [2.24, 2.45) is 11.7 Å². The lowest BCUT2D eigenvalue weighted by Crippen LogP contribution is -2.44. The highest BCUT2D eigenvalue weighted by Gasteiger charge is 2.26. The number of carbonyl (C=O) groups is 2. The van der Waals surface area contributed by atoms with Gasteiger partial charge in [0, 0.05) is 13.1 Å². The van der Waals surface area contributed by atoms with Gasteiger partial charge in [0.25, 0.3) is 0 Å². The van der Waals surface area contributed by atoms with Crippen LogP contribution in [0.15, 0.2) is 47.1 Å². The summed E-state index contributed by atoms with van der Waals surface area (Å²) in [5, 5.41) is 5.57. The Labute approximate surface area is 169 Å². The molecular weight excluding hydrogens is 375 g/mol. The number of carbonyl (C=O) groups excluding carboxylic acids is 2. The van der Waals surface area contributed by atoms with Crippen LogP contribution in [0.5, 0.6) is 0 Å². The van der Waals surface area contributed by atoms with Gasteiger partial charge in [0.05, 0.1) is 18.2 Å². The normalized spacial score (nSPS) is 16.3. The highest BCUT2D eigenvalue weighted by Crippen LogP contribution is 2.24. The van der Waals surface area contributed by atoms with E-state index < -0.39 is 11.8 Å². The van der Waals surface area contributed by atoms with E-state index in [1.807, 2.05) is 12.1 Å². The number of furan rings is 1. The molecule has 1 fully saturated rings. The number of amides is 3. The Kier molecular flexibility index (Phi) is 7.24. The van der Waals surface area contributed by atoms with Crippen molar-refractivity contribution < 1.29 is 18.4 Å². The first-order chi connectivity index (χ1) is 14.0. The number of nitrogens with zero attached hydrogens (tertiary/aromatic N) is 1. The first kappa shape index (κ1) is 20.9. The number of benzene rings is 1. The van der Waals surface area contributed by atoms with Crippen LogP contribution in [0, 0.1) is 11.7 Å². The fraction of sp³-hybridized carbons (Fsp3) is 0.429. The van der Waals surface area contributed by atoms with Gasteiger partial charge < -0.3 is 20.8 Å². The first-order valence-corrected chi connectivity index (χ1v) is 9.86. The minimum atomic E-state index is -0.578. The molecule has 0 spiro atoms. The second kappa shape index (κ2) is 10.1. The van der Waals surface area contributed by atoms with Crippen LogP contribution in [-0.2, 0) is 11.2 Å². The number of nitrogens with two attached hydrogens (primary N) is 1. The van der Waals surface area contributed by atoms with Crippen LogP contribution in [0.4, 0.5) is 9.18 Å². The van der Waals surface area contributed by atoms with E-state index in [1.54, 1.807) is 18.4 Å². The molecule has 2 atom stereocenters. The first-order valence-electron chi connectivity index (χ1n) is 9.86. The third-order valence-corrected chi connectivity index (χ3v) is 5.22. The molecule has 156 valence electrons. The van der Waals surface area contributed by atoms with Crippen LogP contribution in [0.1, 0.15) is 30.2 Å². The number of nitrogens with one attached hydrogen (secondary N) is 2. The van der Waals surface area contributed by atoms with Gasteiger partial charge in [-0.15, -0.1) is 0 Å². The predicted molar refractivity (Wildman–Crippen MR) is 106 cm³/mol. The maximum Gasteiger partial charge on any atom is 0.314 e. The van der Waals surface area contributed by atoms with Crippen LogP contribution in [0.2, 0.25) is 0 Å². The molecule has 0 saturated carbocycles. The molecule has 2 unspecified atom stereocenters. The second-order valence-electron chi connectivity index (χ2n) is 7.30. The zero-order valence-corrected chi connectivity index (χ0v) is 16.3. The molecule has 4 N–H and O–H groups in total. The monoisotopic (exact) mass is 402 g/mol. The van der Waals surface area contributed by atoms with E-state index in [1.165, 1.54) is 12.1 Å². The zero-order valence-electron chi connectivity index (χ0n) is 16.3. The molecule has 1 aromatic carbocycles. The van der Waals surface area contributed by atoms with E-state index in [0.29, 0.717) is 13.0 Å². The molecule has 1 aromatic heterocycles. The Morgan fingerprint density at radius 2 is 1.79 bits per heavy atom. The molecule has 3 rings (SSSR count). The number of hydrogen-bond donors (Lipinski definition) is 3. The van der Waals surface area contributed by atoms with Crippen LogP contribution in [0.3, 0.4) is 0 Å². The maximum absolute atomic E-state index is 13.0. The summed E-state index contributed by atoms with van der Waals surface area (Å²) >= 11 is 0. The molecule has 2 heterocycles. The van der Waals surface area contributed by atoms with Gasteiger partial charge in [-0.2, -0.15) is 0 Å². The van der Waals surface area contributed by atoms with Gasteiger partial charge in [-0.3, -0.25) is 9.69 Å². The minimum Gasteiger partial charge on any atom is -0.468 e. The summed E-state index contributed by atoms with van der Waals surface area (Å²) in [6.45, 7) is 2.44. The molecule has 1 saturated heterocycles. The lowest BCUT2D eigenvalue weighted by molar-refractivity contribution is -0.121. The molecule has 0 radical (unpaired) electrons. The Morgan fingerprint density at radius 3 is 2.41 bits per heavy atom. The van der Waals surface area contributed by atoms with Gasteiger partial charge in [-0.05, 0) is 62.2 Å². The molecule has 8 heteroatoms. The Balaban J connectivity index is 1.50. The summed E-state index contributed by atoms with van der Waals surface area (Å²) in [7, 11) is 0. The van der Waals surface area contributed by atoms with E-state index >= 15 is 0 Å². The average molecular weight is 402 g/mol. The number of rotatable bonds is 9. The summed E-state index contributed by atoms with van der Waals surface area (Å²) in [5.74, 6) is -0.615. The van der Waals surface area contributed by atoms with Crippen molar-refractivity contribution in [3.8, 4) is 0 Å². The molecule has 1 aliphatic heterocycles. The van der Waals surface area contributed by atoms with Crippen LogP contribution in [-0.4, -0.2) is 43.0 Å². The number of hydrogen-bond acceptors (Lipinski definition) is 4. The largest absolute Gasteiger partial charge is 0.468 e. The van der Waals surface area contributed by atoms with Gasteiger partial charge >= 0.3 is 6.03 Å². The van der Waals surface area contributed by atoms with Gasteiger partial charge in [-0.25, -0.2) is 9.18 Å². The fourth-order valence-corrected chi connectivity index (χ4v) is 3.59. The molecule has 29 heavy (non-hydrogen) atoms.